The lowest BCUT2D eigenvalue weighted by molar-refractivity contribution is 0.0227. The highest BCUT2D eigenvalue weighted by molar-refractivity contribution is 5.76. The van der Waals surface area contributed by atoms with E-state index in [4.69, 9.17) is 5.73 Å². The van der Waals surface area contributed by atoms with E-state index in [0.29, 0.717) is 22.5 Å². The van der Waals surface area contributed by atoms with Crippen molar-refractivity contribution in [2.45, 2.75) is 19.3 Å². The summed E-state index contributed by atoms with van der Waals surface area (Å²) in [6.45, 7) is 0.913. The molecule has 0 aliphatic heterocycles. The number of nitrogens with zero attached hydrogens (tertiary/aromatic N) is 2. The fourth-order valence-corrected chi connectivity index (χ4v) is 1.93. The second-order valence-corrected chi connectivity index (χ2v) is 4.47. The molecule has 1 aromatic carbocycles. The Bertz CT molecular complexity index is 556. The fraction of sp³-hybridized carbons (Fsp3) is 0.308. The number of hydrogen-bond donors (Lipinski definition) is 1. The first kappa shape index (κ1) is 12.5. The third-order valence-electron chi connectivity index (χ3n) is 2.79. The zero-order valence-electron chi connectivity index (χ0n) is 10.3. The van der Waals surface area contributed by atoms with Crippen molar-refractivity contribution >= 4 is 5.82 Å². The van der Waals surface area contributed by atoms with Crippen molar-refractivity contribution < 1.29 is 8.78 Å². The van der Waals surface area contributed by atoms with E-state index in [1.807, 2.05) is 0 Å². The predicted octanol–water partition coefficient (Wildman–Crippen LogP) is 2.87. The van der Waals surface area contributed by atoms with E-state index in [0.717, 1.165) is 6.92 Å². The van der Waals surface area contributed by atoms with Crippen LogP contribution < -0.4 is 5.73 Å². The van der Waals surface area contributed by atoms with Crippen LogP contribution >= 0.6 is 0 Å². The van der Waals surface area contributed by atoms with E-state index < -0.39 is 5.92 Å². The van der Waals surface area contributed by atoms with E-state index in [9.17, 15) is 8.78 Å². The van der Waals surface area contributed by atoms with Crippen LogP contribution in [0.5, 0.6) is 0 Å². The van der Waals surface area contributed by atoms with Crippen LogP contribution in [0.2, 0.25) is 0 Å². The smallest absolute Gasteiger partial charge is 0.249 e. The Balaban J connectivity index is 2.48. The molecule has 0 spiro atoms. The van der Waals surface area contributed by atoms with Crippen LogP contribution in [0.25, 0.3) is 11.1 Å². The molecule has 1 aromatic heterocycles. The summed E-state index contributed by atoms with van der Waals surface area (Å²) >= 11 is 0. The Morgan fingerprint density at radius 3 is 2.50 bits per heavy atom. The van der Waals surface area contributed by atoms with Gasteiger partial charge in [0.2, 0.25) is 5.92 Å². The fourth-order valence-electron chi connectivity index (χ4n) is 1.93. The summed E-state index contributed by atoms with van der Waals surface area (Å²) in [6, 6.07) is 7.03. The lowest BCUT2D eigenvalue weighted by Gasteiger charge is -2.13. The number of anilines is 1. The molecule has 5 heteroatoms. The largest absolute Gasteiger partial charge is 0.383 e. The highest BCUT2D eigenvalue weighted by atomic mass is 19.3. The number of rotatable bonds is 3. The van der Waals surface area contributed by atoms with E-state index in [2.05, 4.69) is 5.10 Å². The summed E-state index contributed by atoms with van der Waals surface area (Å²) in [7, 11) is 1.72. The zero-order chi connectivity index (χ0) is 13.3. The van der Waals surface area contributed by atoms with Gasteiger partial charge in [-0.15, -0.1) is 0 Å². The van der Waals surface area contributed by atoms with Gasteiger partial charge in [0.15, 0.2) is 0 Å². The van der Waals surface area contributed by atoms with E-state index in [1.54, 1.807) is 37.5 Å². The van der Waals surface area contributed by atoms with Crippen molar-refractivity contribution in [3.8, 4) is 11.1 Å². The number of nitrogen functional groups attached to an aromatic ring is 1. The van der Waals surface area contributed by atoms with Gasteiger partial charge in [-0.05, 0) is 18.1 Å². The topological polar surface area (TPSA) is 43.8 Å². The molecule has 0 aliphatic carbocycles. The molecule has 3 nitrogen and oxygen atoms in total. The summed E-state index contributed by atoms with van der Waals surface area (Å²) in [6.07, 6.45) is 1.29. The molecule has 2 aromatic rings. The summed E-state index contributed by atoms with van der Waals surface area (Å²) in [5.41, 5.74) is 7.86. The maximum Gasteiger partial charge on any atom is 0.249 e. The number of halogens is 2. The monoisotopic (exact) mass is 251 g/mol. The molecule has 0 saturated heterocycles. The molecular weight excluding hydrogens is 236 g/mol. The minimum absolute atomic E-state index is 0.308. The summed E-state index contributed by atoms with van der Waals surface area (Å²) < 4.78 is 27.8. The minimum Gasteiger partial charge on any atom is -0.383 e. The van der Waals surface area contributed by atoms with Crippen LogP contribution in [0.3, 0.4) is 0 Å². The van der Waals surface area contributed by atoms with Gasteiger partial charge in [0, 0.05) is 19.0 Å². The summed E-state index contributed by atoms with van der Waals surface area (Å²) in [5, 5.41) is 4.03. The normalized spacial score (nSPS) is 11.8. The number of aryl methyl sites for hydroxylation is 1. The molecule has 2 N–H and O–H groups in total. The number of aromatic nitrogens is 2. The Morgan fingerprint density at radius 1 is 1.28 bits per heavy atom. The van der Waals surface area contributed by atoms with Gasteiger partial charge >= 0.3 is 0 Å². The van der Waals surface area contributed by atoms with Crippen LogP contribution in [-0.4, -0.2) is 15.7 Å². The Morgan fingerprint density at radius 2 is 1.94 bits per heavy atom. The number of alkyl halides is 2. The second kappa shape index (κ2) is 4.40. The van der Waals surface area contributed by atoms with Crippen molar-refractivity contribution in [2.24, 2.45) is 7.05 Å². The third kappa shape index (κ3) is 2.50. The SMILES string of the molecule is Cn1ncc(-c2ccccc2CC(C)(F)F)c1N. The van der Waals surface area contributed by atoms with Crippen LogP contribution in [0.15, 0.2) is 30.5 Å². The molecule has 0 aliphatic rings. The van der Waals surface area contributed by atoms with Crippen LogP contribution in [0.4, 0.5) is 14.6 Å². The molecule has 0 saturated carbocycles. The molecule has 0 atom stereocenters. The molecule has 0 bridgehead atoms. The second-order valence-electron chi connectivity index (χ2n) is 4.47. The maximum atomic E-state index is 13.2. The molecule has 0 radical (unpaired) electrons. The van der Waals surface area contributed by atoms with Gasteiger partial charge < -0.3 is 5.73 Å². The number of benzene rings is 1. The van der Waals surface area contributed by atoms with Crippen molar-refractivity contribution in [3.63, 3.8) is 0 Å². The van der Waals surface area contributed by atoms with E-state index in [-0.39, 0.29) is 6.42 Å². The Labute approximate surface area is 104 Å². The van der Waals surface area contributed by atoms with Gasteiger partial charge in [-0.3, -0.25) is 4.68 Å². The first-order chi connectivity index (χ1) is 8.38. The molecule has 0 amide bonds. The predicted molar refractivity (Wildman–Crippen MR) is 67.4 cm³/mol. The van der Waals surface area contributed by atoms with E-state index in [1.165, 1.54) is 4.68 Å². The average molecular weight is 251 g/mol. The highest BCUT2D eigenvalue weighted by Crippen LogP contribution is 2.31. The molecule has 0 unspecified atom stereocenters. The van der Waals surface area contributed by atoms with Gasteiger partial charge in [0.1, 0.15) is 5.82 Å². The van der Waals surface area contributed by atoms with Crippen molar-refractivity contribution in [1.82, 2.24) is 9.78 Å². The molecule has 0 fully saturated rings. The summed E-state index contributed by atoms with van der Waals surface area (Å²) in [4.78, 5) is 0. The molecule has 1 heterocycles. The first-order valence-electron chi connectivity index (χ1n) is 5.62. The lowest BCUT2D eigenvalue weighted by Crippen LogP contribution is -2.14. The lowest BCUT2D eigenvalue weighted by atomic mass is 9.97. The Hall–Kier alpha value is -1.91. The van der Waals surface area contributed by atoms with Crippen molar-refractivity contribution in [2.75, 3.05) is 5.73 Å². The van der Waals surface area contributed by atoms with Gasteiger partial charge in [-0.2, -0.15) is 5.10 Å². The summed E-state index contributed by atoms with van der Waals surface area (Å²) in [5.74, 6) is -2.27. The third-order valence-corrected chi connectivity index (χ3v) is 2.79. The highest BCUT2D eigenvalue weighted by Gasteiger charge is 2.24. The van der Waals surface area contributed by atoms with Crippen LogP contribution in [0.1, 0.15) is 12.5 Å². The standard InChI is InChI=1S/C13H15F2N3/c1-13(14,15)7-9-5-3-4-6-10(9)11-8-17-18(2)12(11)16/h3-6,8H,7,16H2,1-2H3. The molecular formula is C13H15F2N3. The first-order valence-corrected chi connectivity index (χ1v) is 5.62. The van der Waals surface area contributed by atoms with Crippen molar-refractivity contribution in [1.29, 1.82) is 0 Å². The molecule has 96 valence electrons. The quantitative estimate of drug-likeness (QED) is 0.911. The van der Waals surface area contributed by atoms with Gasteiger partial charge in [-0.25, -0.2) is 8.78 Å². The van der Waals surface area contributed by atoms with Gasteiger partial charge in [-0.1, -0.05) is 24.3 Å². The maximum absolute atomic E-state index is 13.2. The number of hydrogen-bond acceptors (Lipinski definition) is 2. The molecule has 18 heavy (non-hydrogen) atoms. The van der Waals surface area contributed by atoms with Crippen LogP contribution in [-0.2, 0) is 13.5 Å². The number of nitrogens with two attached hydrogens (primary N) is 1. The average Bonchev–Trinajstić information content (AvgIpc) is 2.59. The molecule has 2 rings (SSSR count). The Kier molecular flexibility index (Phi) is 3.07. The van der Waals surface area contributed by atoms with Crippen molar-refractivity contribution in [3.05, 3.63) is 36.0 Å². The van der Waals surface area contributed by atoms with Crippen LogP contribution in [0, 0.1) is 0 Å². The van der Waals surface area contributed by atoms with Gasteiger partial charge in [0.25, 0.3) is 0 Å². The van der Waals surface area contributed by atoms with E-state index >= 15 is 0 Å². The minimum atomic E-state index is -2.74. The zero-order valence-corrected chi connectivity index (χ0v) is 10.3. The van der Waals surface area contributed by atoms with Gasteiger partial charge in [0.05, 0.1) is 6.20 Å².